The number of carbonyl (C=O) groups is 1. The van der Waals surface area contributed by atoms with E-state index in [-0.39, 0.29) is 5.91 Å². The van der Waals surface area contributed by atoms with Crippen LogP contribution in [0.1, 0.15) is 23.6 Å². The van der Waals surface area contributed by atoms with Crippen LogP contribution in [0.4, 0.5) is 5.69 Å². The Bertz CT molecular complexity index is 1120. The first-order valence-corrected chi connectivity index (χ1v) is 10.6. The van der Waals surface area contributed by atoms with Gasteiger partial charge in [0.2, 0.25) is 0 Å². The molecule has 6 heteroatoms. The van der Waals surface area contributed by atoms with Crippen LogP contribution in [0.3, 0.4) is 0 Å². The number of nitrogens with zero attached hydrogens (tertiary/aromatic N) is 1. The molecule has 3 aromatic rings. The van der Waals surface area contributed by atoms with Gasteiger partial charge in [0, 0.05) is 22.7 Å². The third-order valence-electron chi connectivity index (χ3n) is 4.90. The first-order valence-electron chi connectivity index (χ1n) is 9.47. The molecule has 0 aromatic heterocycles. The van der Waals surface area contributed by atoms with E-state index in [1.54, 1.807) is 29.2 Å². The van der Waals surface area contributed by atoms with E-state index in [1.807, 2.05) is 49.4 Å². The van der Waals surface area contributed by atoms with Gasteiger partial charge in [-0.3, -0.25) is 4.79 Å². The summed E-state index contributed by atoms with van der Waals surface area (Å²) < 4.78 is 5.83. The van der Waals surface area contributed by atoms with Crippen LogP contribution < -0.4 is 9.64 Å². The highest BCUT2D eigenvalue weighted by molar-refractivity contribution is 6.38. The van der Waals surface area contributed by atoms with Gasteiger partial charge in [0.15, 0.2) is 5.75 Å². The van der Waals surface area contributed by atoms with Crippen LogP contribution in [0, 0.1) is 0 Å². The molecule has 1 aliphatic rings. The van der Waals surface area contributed by atoms with Crippen LogP contribution >= 0.6 is 34.8 Å². The van der Waals surface area contributed by atoms with Crippen LogP contribution in [0.15, 0.2) is 60.7 Å². The number of ether oxygens (including phenoxy) is 1. The van der Waals surface area contributed by atoms with Crippen LogP contribution in [-0.2, 0) is 11.4 Å². The second-order valence-electron chi connectivity index (χ2n) is 6.85. The smallest absolute Gasteiger partial charge is 0.258 e. The number of likely N-dealkylation sites (N-methyl/N-ethyl adjacent to an activating group) is 1. The molecule has 0 saturated heterocycles. The molecule has 0 aliphatic carbocycles. The summed E-state index contributed by atoms with van der Waals surface area (Å²) in [6.45, 7) is 2.87. The summed E-state index contributed by atoms with van der Waals surface area (Å²) in [4.78, 5) is 14.6. The molecular weight excluding hydrogens is 441 g/mol. The zero-order chi connectivity index (χ0) is 21.3. The van der Waals surface area contributed by atoms with Gasteiger partial charge in [-0.1, -0.05) is 65.1 Å². The molecule has 4 rings (SSSR count). The van der Waals surface area contributed by atoms with Crippen molar-refractivity contribution in [2.75, 3.05) is 11.4 Å². The number of halogens is 3. The summed E-state index contributed by atoms with van der Waals surface area (Å²) in [5, 5.41) is 1.43. The first kappa shape index (κ1) is 20.8. The first-order chi connectivity index (χ1) is 14.5. The van der Waals surface area contributed by atoms with E-state index < -0.39 is 0 Å². The highest BCUT2D eigenvalue weighted by atomic mass is 35.5. The van der Waals surface area contributed by atoms with Gasteiger partial charge in [-0.25, -0.2) is 0 Å². The summed E-state index contributed by atoms with van der Waals surface area (Å²) in [6.07, 6.45) is 1.82. The molecule has 0 N–H and O–H groups in total. The lowest BCUT2D eigenvalue weighted by Crippen LogP contribution is -2.25. The minimum Gasteiger partial charge on any atom is -0.486 e. The lowest BCUT2D eigenvalue weighted by Gasteiger charge is -2.13. The largest absolute Gasteiger partial charge is 0.486 e. The van der Waals surface area contributed by atoms with Gasteiger partial charge in [-0.2, -0.15) is 0 Å². The van der Waals surface area contributed by atoms with Crippen LogP contribution in [0.5, 0.6) is 5.75 Å². The molecule has 0 fully saturated rings. The maximum absolute atomic E-state index is 12.9. The minimum absolute atomic E-state index is 0.0333. The maximum atomic E-state index is 12.9. The van der Waals surface area contributed by atoms with Gasteiger partial charge < -0.3 is 9.64 Å². The standard InChI is InChI=1S/C24H18Cl3NO2/c1-2-28-22-6-4-3-5-18(22)19(24(28)29)11-16-12-20(26)23(21(27)13-16)30-14-15-7-9-17(25)10-8-15/h3-13H,2,14H2,1H3/b19-11-. The fourth-order valence-electron chi connectivity index (χ4n) is 3.46. The molecule has 0 radical (unpaired) electrons. The van der Waals surface area contributed by atoms with Crippen molar-refractivity contribution in [2.45, 2.75) is 13.5 Å². The van der Waals surface area contributed by atoms with E-state index >= 15 is 0 Å². The fourth-order valence-corrected chi connectivity index (χ4v) is 4.20. The van der Waals surface area contributed by atoms with Crippen LogP contribution in [0.2, 0.25) is 15.1 Å². The Balaban J connectivity index is 1.62. The van der Waals surface area contributed by atoms with Crippen molar-refractivity contribution in [3.8, 4) is 5.75 Å². The molecular formula is C24H18Cl3NO2. The van der Waals surface area contributed by atoms with Gasteiger partial charge in [0.05, 0.1) is 15.7 Å². The zero-order valence-corrected chi connectivity index (χ0v) is 18.4. The zero-order valence-electron chi connectivity index (χ0n) is 16.2. The van der Waals surface area contributed by atoms with Crippen molar-refractivity contribution in [1.29, 1.82) is 0 Å². The predicted molar refractivity (Wildman–Crippen MR) is 125 cm³/mol. The molecule has 3 aromatic carbocycles. The van der Waals surface area contributed by atoms with Crippen molar-refractivity contribution in [1.82, 2.24) is 0 Å². The minimum atomic E-state index is -0.0333. The second kappa shape index (κ2) is 8.73. The number of fused-ring (bicyclic) bond motifs is 1. The van der Waals surface area contributed by atoms with E-state index in [4.69, 9.17) is 39.5 Å². The molecule has 1 aliphatic heterocycles. The number of rotatable bonds is 5. The molecule has 0 unspecified atom stereocenters. The number of hydrogen-bond donors (Lipinski definition) is 0. The lowest BCUT2D eigenvalue weighted by atomic mass is 10.0. The molecule has 0 saturated carbocycles. The fraction of sp³-hybridized carbons (Fsp3) is 0.125. The van der Waals surface area contributed by atoms with Crippen LogP contribution in [-0.4, -0.2) is 12.5 Å². The molecule has 3 nitrogen and oxygen atoms in total. The van der Waals surface area contributed by atoms with Crippen molar-refractivity contribution < 1.29 is 9.53 Å². The number of benzene rings is 3. The van der Waals surface area contributed by atoms with Crippen LogP contribution in [0.25, 0.3) is 11.6 Å². The molecule has 0 bridgehead atoms. The molecule has 152 valence electrons. The van der Waals surface area contributed by atoms with Gasteiger partial charge in [-0.05, 0) is 54.5 Å². The van der Waals surface area contributed by atoms with Crippen molar-refractivity contribution in [3.05, 3.63) is 92.4 Å². The Kier molecular flexibility index (Phi) is 6.05. The summed E-state index contributed by atoms with van der Waals surface area (Å²) >= 11 is 18.8. The van der Waals surface area contributed by atoms with E-state index in [9.17, 15) is 4.79 Å². The molecule has 0 spiro atoms. The van der Waals surface area contributed by atoms with E-state index in [0.717, 1.165) is 22.4 Å². The number of para-hydroxylation sites is 1. The Morgan fingerprint density at radius 3 is 2.30 bits per heavy atom. The monoisotopic (exact) mass is 457 g/mol. The highest BCUT2D eigenvalue weighted by Gasteiger charge is 2.30. The SMILES string of the molecule is CCN1C(=O)/C(=C\c2cc(Cl)c(OCc3ccc(Cl)cc3)c(Cl)c2)c2ccccc21. The quantitative estimate of drug-likeness (QED) is 0.380. The van der Waals surface area contributed by atoms with Crippen molar-refractivity contribution in [2.24, 2.45) is 0 Å². The summed E-state index contributed by atoms with van der Waals surface area (Å²) in [7, 11) is 0. The second-order valence-corrected chi connectivity index (χ2v) is 8.10. The Morgan fingerprint density at radius 2 is 1.63 bits per heavy atom. The molecule has 30 heavy (non-hydrogen) atoms. The molecule has 1 amide bonds. The average Bonchev–Trinajstić information content (AvgIpc) is 3.00. The topological polar surface area (TPSA) is 29.5 Å². The van der Waals surface area contributed by atoms with Gasteiger partial charge in [0.1, 0.15) is 6.61 Å². The average molecular weight is 459 g/mol. The number of hydrogen-bond acceptors (Lipinski definition) is 2. The molecule has 0 atom stereocenters. The van der Waals surface area contributed by atoms with E-state index in [0.29, 0.717) is 39.5 Å². The number of anilines is 1. The Hall–Kier alpha value is -2.46. The van der Waals surface area contributed by atoms with Gasteiger partial charge in [0.25, 0.3) is 5.91 Å². The van der Waals surface area contributed by atoms with Crippen molar-refractivity contribution >= 4 is 58.0 Å². The highest BCUT2D eigenvalue weighted by Crippen LogP contribution is 2.40. The maximum Gasteiger partial charge on any atom is 0.258 e. The summed E-state index contributed by atoms with van der Waals surface area (Å²) in [6, 6.07) is 18.6. The van der Waals surface area contributed by atoms with E-state index in [2.05, 4.69) is 0 Å². The summed E-state index contributed by atoms with van der Waals surface area (Å²) in [5.74, 6) is 0.373. The Morgan fingerprint density at radius 1 is 0.967 bits per heavy atom. The van der Waals surface area contributed by atoms with Crippen molar-refractivity contribution in [3.63, 3.8) is 0 Å². The van der Waals surface area contributed by atoms with Gasteiger partial charge >= 0.3 is 0 Å². The normalized spacial score (nSPS) is 14.3. The third kappa shape index (κ3) is 4.06. The summed E-state index contributed by atoms with van der Waals surface area (Å²) in [5.41, 5.74) is 4.12. The molecule has 1 heterocycles. The third-order valence-corrected chi connectivity index (χ3v) is 5.72. The predicted octanol–water partition coefficient (Wildman–Crippen LogP) is 7.13. The van der Waals surface area contributed by atoms with Gasteiger partial charge in [-0.15, -0.1) is 0 Å². The van der Waals surface area contributed by atoms with E-state index in [1.165, 1.54) is 0 Å². The number of amides is 1. The lowest BCUT2D eigenvalue weighted by molar-refractivity contribution is -0.112. The Labute approximate surface area is 190 Å². The number of carbonyl (C=O) groups excluding carboxylic acids is 1.